The van der Waals surface area contributed by atoms with Crippen molar-refractivity contribution in [1.82, 2.24) is 0 Å². The summed E-state index contributed by atoms with van der Waals surface area (Å²) in [6.07, 6.45) is -2.78. The van der Waals surface area contributed by atoms with Gasteiger partial charge in [-0.15, -0.1) is 0 Å². The van der Waals surface area contributed by atoms with Crippen molar-refractivity contribution in [3.63, 3.8) is 0 Å². The molecule has 0 unspecified atom stereocenters. The Morgan fingerprint density at radius 1 is 0.778 bits per heavy atom. The third-order valence-electron chi connectivity index (χ3n) is 0.117. The smallest absolute Gasteiger partial charge is 0.303 e. The van der Waals surface area contributed by atoms with Gasteiger partial charge in [-0.05, 0) is 0 Å². The number of rotatable bonds is 1. The molecular weight excluding hydrogens is 321 g/mol. The molecule has 0 aliphatic heterocycles. The molecular formula is C3H11F5O8P2. The van der Waals surface area contributed by atoms with Gasteiger partial charge in [-0.25, -0.2) is 31.1 Å². The molecule has 0 saturated heterocycles. The van der Waals surface area contributed by atoms with Gasteiger partial charge in [0.25, 0.3) is 6.43 Å². The molecule has 0 radical (unpaired) electrons. The van der Waals surface area contributed by atoms with E-state index >= 15 is 0 Å². The molecule has 18 heavy (non-hydrogen) atoms. The summed E-state index contributed by atoms with van der Waals surface area (Å²) in [5, 5.41) is 0. The largest absolute Gasteiger partial charge is 0.466 e. The van der Waals surface area contributed by atoms with Crippen LogP contribution in [-0.4, -0.2) is 49.4 Å². The van der Waals surface area contributed by atoms with Gasteiger partial charge in [0.1, 0.15) is 0 Å². The third kappa shape index (κ3) is 1000. The zero-order valence-electron chi connectivity index (χ0n) is 8.28. The first kappa shape index (κ1) is 26.4. The molecule has 0 aromatic carbocycles. The molecule has 116 valence electrons. The molecule has 0 saturated carbocycles. The maximum absolute atomic E-state index is 10.4. The summed E-state index contributed by atoms with van der Waals surface area (Å²) in [5.74, 6) is 0. The Morgan fingerprint density at radius 3 is 0.833 bits per heavy atom. The van der Waals surface area contributed by atoms with E-state index in [2.05, 4.69) is 0 Å². The molecule has 0 heterocycles. The second-order valence-corrected chi connectivity index (χ2v) is 3.73. The molecule has 8 nitrogen and oxygen atoms in total. The molecule has 0 atom stereocenters. The monoisotopic (exact) mass is 332 g/mol. The summed E-state index contributed by atoms with van der Waals surface area (Å²) in [6.45, 7) is -3.28. The van der Waals surface area contributed by atoms with E-state index < -0.39 is 35.7 Å². The first-order valence-corrected chi connectivity index (χ1v) is 6.34. The summed E-state index contributed by atoms with van der Waals surface area (Å²) in [6, 6.07) is 0. The summed E-state index contributed by atoms with van der Waals surface area (Å²) < 4.78 is 68.2. The average molecular weight is 332 g/mol. The van der Waals surface area contributed by atoms with Crippen molar-refractivity contribution in [2.75, 3.05) is 13.6 Å². The van der Waals surface area contributed by atoms with Gasteiger partial charge in [0.15, 0.2) is 6.67 Å². The van der Waals surface area contributed by atoms with E-state index in [1.165, 1.54) is 0 Å². The lowest BCUT2D eigenvalue weighted by atomic mass is 10.8. The van der Waals surface area contributed by atoms with Crippen molar-refractivity contribution in [3.05, 3.63) is 0 Å². The quantitative estimate of drug-likeness (QED) is 0.295. The van der Waals surface area contributed by atoms with Crippen molar-refractivity contribution in [2.45, 2.75) is 6.43 Å². The fraction of sp³-hybridized carbons (Fsp3) is 1.00. The van der Waals surface area contributed by atoms with Gasteiger partial charge in [-0.2, -0.15) is 0 Å². The number of halogens is 5. The zero-order valence-corrected chi connectivity index (χ0v) is 10.1. The minimum absolute atomic E-state index is 1.53. The van der Waals surface area contributed by atoms with Crippen molar-refractivity contribution in [2.24, 2.45) is 0 Å². The number of alkyl halides is 5. The Labute approximate surface area is 97.2 Å². The van der Waals surface area contributed by atoms with E-state index in [4.69, 9.17) is 38.5 Å². The summed E-state index contributed by atoms with van der Waals surface area (Å²) >= 11 is 0. The van der Waals surface area contributed by atoms with E-state index in [9.17, 15) is 22.0 Å². The van der Waals surface area contributed by atoms with E-state index in [0.717, 1.165) is 0 Å². The van der Waals surface area contributed by atoms with Gasteiger partial charge in [-0.3, -0.25) is 0 Å². The highest BCUT2D eigenvalue weighted by Gasteiger charge is 2.00. The van der Waals surface area contributed by atoms with Crippen LogP contribution in [0.15, 0.2) is 0 Å². The highest BCUT2D eigenvalue weighted by atomic mass is 31.2. The highest BCUT2D eigenvalue weighted by molar-refractivity contribution is 7.45. The molecule has 0 spiro atoms. The van der Waals surface area contributed by atoms with Crippen LogP contribution in [-0.2, 0) is 9.13 Å². The van der Waals surface area contributed by atoms with Crippen molar-refractivity contribution in [3.8, 4) is 0 Å². The van der Waals surface area contributed by atoms with Gasteiger partial charge in [-0.1, -0.05) is 0 Å². The Bertz CT molecular complexity index is 202. The van der Waals surface area contributed by atoms with Crippen LogP contribution in [0.2, 0.25) is 0 Å². The van der Waals surface area contributed by atoms with Crippen LogP contribution in [0.5, 0.6) is 0 Å². The molecule has 0 aliphatic rings. The van der Waals surface area contributed by atoms with Gasteiger partial charge < -0.3 is 29.4 Å². The van der Waals surface area contributed by atoms with Crippen molar-refractivity contribution < 1.29 is 60.4 Å². The molecule has 0 aliphatic carbocycles. The molecule has 0 rings (SSSR count). The molecule has 0 aromatic heterocycles. The summed E-state index contributed by atoms with van der Waals surface area (Å²) in [4.78, 5) is 43.1. The van der Waals surface area contributed by atoms with Crippen LogP contribution < -0.4 is 0 Å². The lowest BCUT2D eigenvalue weighted by Gasteiger charge is -1.82. The average Bonchev–Trinajstić information content (AvgIpc) is 1.99. The van der Waals surface area contributed by atoms with Gasteiger partial charge in [0.05, 0.1) is 0 Å². The lowest BCUT2D eigenvalue weighted by Crippen LogP contribution is -1.88. The van der Waals surface area contributed by atoms with Crippen molar-refractivity contribution in [1.29, 1.82) is 0 Å². The minimum Gasteiger partial charge on any atom is -0.303 e. The standard InChI is InChI=1S/C2H3F3.CH2F2.2H3O4P/c3-1-2(4)5;2-1-3;2*1-5(2,3)4/h2H,1H2;1H2;2*(H3,1,2,3,4). The van der Waals surface area contributed by atoms with Crippen molar-refractivity contribution >= 4 is 15.6 Å². The Kier molecular flexibility index (Phi) is 21.9. The van der Waals surface area contributed by atoms with Crippen LogP contribution in [0.25, 0.3) is 0 Å². The molecule has 0 fully saturated rings. The predicted octanol–water partition coefficient (Wildman–Crippen LogP) is 0.247. The van der Waals surface area contributed by atoms with E-state index in [1.54, 1.807) is 0 Å². The molecule has 0 bridgehead atoms. The fourth-order valence-electron chi connectivity index (χ4n) is 0. The minimum atomic E-state index is -4.64. The van der Waals surface area contributed by atoms with Crippen LogP contribution in [0.4, 0.5) is 22.0 Å². The van der Waals surface area contributed by atoms with Crippen LogP contribution in [0, 0.1) is 0 Å². The first-order chi connectivity index (χ1) is 7.68. The third-order valence-corrected chi connectivity index (χ3v) is 0.117. The van der Waals surface area contributed by atoms with Crippen LogP contribution in [0.1, 0.15) is 0 Å². The Morgan fingerprint density at radius 2 is 0.833 bits per heavy atom. The van der Waals surface area contributed by atoms with E-state index in [0.29, 0.717) is 0 Å². The highest BCUT2D eigenvalue weighted by Crippen LogP contribution is 2.26. The summed E-state index contributed by atoms with van der Waals surface area (Å²) in [7, 11) is -9.28. The van der Waals surface area contributed by atoms with Gasteiger partial charge >= 0.3 is 15.6 Å². The Hall–Kier alpha value is -0.130. The second-order valence-electron chi connectivity index (χ2n) is 1.67. The zero-order chi connectivity index (χ0) is 16.0. The van der Waals surface area contributed by atoms with Crippen LogP contribution >= 0.6 is 15.6 Å². The second kappa shape index (κ2) is 14.9. The molecule has 6 N–H and O–H groups in total. The number of hydrogen-bond acceptors (Lipinski definition) is 2. The predicted molar refractivity (Wildman–Crippen MR) is 47.6 cm³/mol. The Balaban J connectivity index is -0.0000000739. The lowest BCUT2D eigenvalue weighted by molar-refractivity contribution is 0.113. The van der Waals surface area contributed by atoms with Gasteiger partial charge in [0.2, 0.25) is 6.93 Å². The van der Waals surface area contributed by atoms with E-state index in [1.807, 2.05) is 0 Å². The van der Waals surface area contributed by atoms with Gasteiger partial charge in [0, 0.05) is 0 Å². The molecule has 15 heteroatoms. The molecule has 0 aromatic rings. The molecule has 0 amide bonds. The first-order valence-electron chi connectivity index (χ1n) is 3.21. The number of hydrogen-bond donors (Lipinski definition) is 6. The SMILES string of the molecule is FCC(F)F.FCF.O=P(O)(O)O.O=P(O)(O)O. The fourth-order valence-corrected chi connectivity index (χ4v) is 0. The topological polar surface area (TPSA) is 156 Å². The maximum atomic E-state index is 10.4. The summed E-state index contributed by atoms with van der Waals surface area (Å²) in [5.41, 5.74) is 0. The number of phosphoric acid groups is 2. The van der Waals surface area contributed by atoms with E-state index in [-0.39, 0.29) is 0 Å². The maximum Gasteiger partial charge on any atom is 0.466 e. The normalized spacial score (nSPS) is 10.2. The van der Waals surface area contributed by atoms with Crippen LogP contribution in [0.3, 0.4) is 0 Å².